The maximum absolute atomic E-state index is 12.1. The number of hydrogen-bond acceptors (Lipinski definition) is 3. The lowest BCUT2D eigenvalue weighted by Crippen LogP contribution is -2.32. The number of ketones is 1. The monoisotopic (exact) mass is 237 g/mol. The number of nitrogens with one attached hydrogen (secondary N) is 1. The van der Waals surface area contributed by atoms with Gasteiger partial charge in [-0.1, -0.05) is 0 Å². The molecule has 4 nitrogen and oxygen atoms in total. The lowest BCUT2D eigenvalue weighted by Gasteiger charge is -2.18. The Morgan fingerprint density at radius 3 is 2.35 bits per heavy atom. The minimum atomic E-state index is 0.188. The molecule has 1 N–H and O–H groups in total. The van der Waals surface area contributed by atoms with Gasteiger partial charge in [0.15, 0.2) is 5.78 Å². The number of rotatable bonds is 6. The van der Waals surface area contributed by atoms with Crippen molar-refractivity contribution in [2.75, 3.05) is 40.8 Å². The summed E-state index contributed by atoms with van der Waals surface area (Å²) in [6.45, 7) is 6.27. The average molecular weight is 237 g/mol. The van der Waals surface area contributed by atoms with Crippen molar-refractivity contribution in [2.24, 2.45) is 0 Å². The van der Waals surface area contributed by atoms with E-state index in [1.807, 2.05) is 41.1 Å². The molecule has 0 bridgehead atoms. The van der Waals surface area contributed by atoms with Crippen LogP contribution < -0.4 is 0 Å². The van der Waals surface area contributed by atoms with Crippen molar-refractivity contribution >= 4 is 5.78 Å². The van der Waals surface area contributed by atoms with Gasteiger partial charge in [0.05, 0.1) is 6.54 Å². The fourth-order valence-electron chi connectivity index (χ4n) is 1.79. The molecule has 17 heavy (non-hydrogen) atoms. The van der Waals surface area contributed by atoms with E-state index in [0.717, 1.165) is 30.0 Å². The van der Waals surface area contributed by atoms with Crippen molar-refractivity contribution < 1.29 is 4.79 Å². The zero-order valence-electron chi connectivity index (χ0n) is 11.5. The highest BCUT2D eigenvalue weighted by atomic mass is 16.1. The van der Waals surface area contributed by atoms with Crippen LogP contribution in [0.2, 0.25) is 0 Å². The first-order chi connectivity index (χ1) is 7.90. The molecule has 0 aliphatic heterocycles. The van der Waals surface area contributed by atoms with Crippen LogP contribution in [0.15, 0.2) is 6.07 Å². The van der Waals surface area contributed by atoms with Gasteiger partial charge < -0.3 is 9.88 Å². The molecule has 0 amide bonds. The van der Waals surface area contributed by atoms with Crippen molar-refractivity contribution in [3.8, 4) is 0 Å². The third-order valence-electron chi connectivity index (χ3n) is 2.79. The molecule has 1 rings (SSSR count). The summed E-state index contributed by atoms with van der Waals surface area (Å²) in [5, 5.41) is 0. The van der Waals surface area contributed by atoms with Gasteiger partial charge in [-0.2, -0.15) is 0 Å². The van der Waals surface area contributed by atoms with Crippen LogP contribution in [0.4, 0.5) is 0 Å². The number of Topliss-reactive ketones (excluding diaryl/α,β-unsaturated/α-hetero) is 1. The number of carbonyl (C=O) groups is 1. The van der Waals surface area contributed by atoms with Gasteiger partial charge in [-0.3, -0.25) is 9.69 Å². The van der Waals surface area contributed by atoms with Gasteiger partial charge in [0.25, 0.3) is 0 Å². The number of aromatic nitrogens is 1. The van der Waals surface area contributed by atoms with Gasteiger partial charge in [-0.15, -0.1) is 0 Å². The molecule has 96 valence electrons. The van der Waals surface area contributed by atoms with Crippen LogP contribution in [0.25, 0.3) is 0 Å². The van der Waals surface area contributed by atoms with Gasteiger partial charge >= 0.3 is 0 Å². The van der Waals surface area contributed by atoms with Crippen LogP contribution in [0.1, 0.15) is 21.7 Å². The summed E-state index contributed by atoms with van der Waals surface area (Å²) in [5.41, 5.74) is 2.83. The van der Waals surface area contributed by atoms with E-state index in [0.29, 0.717) is 6.54 Å². The number of likely N-dealkylation sites (N-methyl/N-ethyl adjacent to an activating group) is 2. The smallest absolute Gasteiger partial charge is 0.178 e. The Balaban J connectivity index is 2.51. The van der Waals surface area contributed by atoms with E-state index in [2.05, 4.69) is 14.8 Å². The van der Waals surface area contributed by atoms with Crippen LogP contribution in [0, 0.1) is 13.8 Å². The first-order valence-corrected chi connectivity index (χ1v) is 5.93. The molecule has 0 aliphatic carbocycles. The summed E-state index contributed by atoms with van der Waals surface area (Å²) in [6.07, 6.45) is 0. The Labute approximate surface area is 104 Å². The van der Waals surface area contributed by atoms with Crippen LogP contribution in [-0.2, 0) is 0 Å². The standard InChI is InChI=1S/C13H23N3O/c1-10-8-12(11(2)14-10)13(17)9-16(5)7-6-15(3)4/h8,14H,6-7,9H2,1-5H3. The van der Waals surface area contributed by atoms with Crippen molar-refractivity contribution in [2.45, 2.75) is 13.8 Å². The lowest BCUT2D eigenvalue weighted by molar-refractivity contribution is 0.0942. The Morgan fingerprint density at radius 1 is 1.24 bits per heavy atom. The molecule has 1 aromatic rings. The summed E-state index contributed by atoms with van der Waals surface area (Å²) < 4.78 is 0. The Hall–Kier alpha value is -1.13. The van der Waals surface area contributed by atoms with Crippen molar-refractivity contribution in [1.29, 1.82) is 0 Å². The molecule has 4 heteroatoms. The molecule has 0 saturated heterocycles. The molecule has 0 atom stereocenters. The normalized spacial score (nSPS) is 11.5. The molecular weight excluding hydrogens is 214 g/mol. The van der Waals surface area contributed by atoms with Gasteiger partial charge in [0.2, 0.25) is 0 Å². The molecule has 0 aliphatic rings. The van der Waals surface area contributed by atoms with E-state index >= 15 is 0 Å². The second kappa shape index (κ2) is 5.98. The highest BCUT2D eigenvalue weighted by Gasteiger charge is 2.13. The number of carbonyl (C=O) groups excluding carboxylic acids is 1. The van der Waals surface area contributed by atoms with E-state index in [-0.39, 0.29) is 5.78 Å². The predicted molar refractivity (Wildman–Crippen MR) is 70.6 cm³/mol. The van der Waals surface area contributed by atoms with Crippen LogP contribution in [0.5, 0.6) is 0 Å². The SMILES string of the molecule is Cc1cc(C(=O)CN(C)CCN(C)C)c(C)[nH]1. The van der Waals surface area contributed by atoms with E-state index in [1.165, 1.54) is 0 Å². The first kappa shape index (κ1) is 13.9. The Bertz CT molecular complexity index is 382. The number of aromatic amines is 1. The maximum atomic E-state index is 12.1. The number of H-pyrrole nitrogens is 1. The molecule has 1 heterocycles. The average Bonchev–Trinajstić information content (AvgIpc) is 2.55. The third-order valence-corrected chi connectivity index (χ3v) is 2.79. The number of hydrogen-bond donors (Lipinski definition) is 1. The van der Waals surface area contributed by atoms with Crippen LogP contribution in [0.3, 0.4) is 0 Å². The van der Waals surface area contributed by atoms with E-state index in [9.17, 15) is 4.79 Å². The molecular formula is C13H23N3O. The van der Waals surface area contributed by atoms with Crippen molar-refractivity contribution in [3.05, 3.63) is 23.0 Å². The number of aryl methyl sites for hydroxylation is 2. The summed E-state index contributed by atoms with van der Waals surface area (Å²) in [4.78, 5) is 19.4. The van der Waals surface area contributed by atoms with Crippen LogP contribution in [-0.4, -0.2) is 61.3 Å². The molecule has 0 aromatic carbocycles. The van der Waals surface area contributed by atoms with E-state index in [4.69, 9.17) is 0 Å². The highest BCUT2D eigenvalue weighted by molar-refractivity contribution is 5.98. The molecule has 0 radical (unpaired) electrons. The van der Waals surface area contributed by atoms with Crippen LogP contribution >= 0.6 is 0 Å². The van der Waals surface area contributed by atoms with Crippen molar-refractivity contribution in [1.82, 2.24) is 14.8 Å². The Kier molecular flexibility index (Phi) is 4.90. The summed E-state index contributed by atoms with van der Waals surface area (Å²) in [7, 11) is 6.06. The minimum Gasteiger partial charge on any atom is -0.362 e. The summed E-state index contributed by atoms with van der Waals surface area (Å²) in [5.74, 6) is 0.188. The quantitative estimate of drug-likeness (QED) is 0.758. The maximum Gasteiger partial charge on any atom is 0.178 e. The second-order valence-electron chi connectivity index (χ2n) is 4.96. The zero-order valence-corrected chi connectivity index (χ0v) is 11.5. The molecule has 0 saturated carbocycles. The number of nitrogens with zero attached hydrogens (tertiary/aromatic N) is 2. The summed E-state index contributed by atoms with van der Waals surface area (Å²) in [6, 6.07) is 1.93. The molecule has 0 fully saturated rings. The van der Waals surface area contributed by atoms with Gasteiger partial charge in [0, 0.05) is 30.0 Å². The van der Waals surface area contributed by atoms with E-state index < -0.39 is 0 Å². The second-order valence-corrected chi connectivity index (χ2v) is 4.96. The third kappa shape index (κ3) is 4.32. The minimum absolute atomic E-state index is 0.188. The predicted octanol–water partition coefficient (Wildman–Crippen LogP) is 1.31. The lowest BCUT2D eigenvalue weighted by atomic mass is 10.1. The summed E-state index contributed by atoms with van der Waals surface area (Å²) >= 11 is 0. The largest absolute Gasteiger partial charge is 0.362 e. The molecule has 1 aromatic heterocycles. The highest BCUT2D eigenvalue weighted by Crippen LogP contribution is 2.10. The first-order valence-electron chi connectivity index (χ1n) is 5.93. The Morgan fingerprint density at radius 2 is 1.88 bits per heavy atom. The molecule has 0 spiro atoms. The van der Waals surface area contributed by atoms with Gasteiger partial charge in [-0.05, 0) is 41.1 Å². The zero-order chi connectivity index (χ0) is 13.0. The van der Waals surface area contributed by atoms with Gasteiger partial charge in [-0.25, -0.2) is 0 Å². The topological polar surface area (TPSA) is 39.3 Å². The fourth-order valence-corrected chi connectivity index (χ4v) is 1.79. The van der Waals surface area contributed by atoms with E-state index in [1.54, 1.807) is 0 Å². The van der Waals surface area contributed by atoms with Crippen molar-refractivity contribution in [3.63, 3.8) is 0 Å². The molecule has 0 unspecified atom stereocenters. The fraction of sp³-hybridized carbons (Fsp3) is 0.615. The van der Waals surface area contributed by atoms with Gasteiger partial charge in [0.1, 0.15) is 0 Å².